The Morgan fingerprint density at radius 1 is 0.714 bits per heavy atom. The molecule has 0 aliphatic carbocycles. The van der Waals surface area contributed by atoms with Gasteiger partial charge < -0.3 is 9.64 Å². The predicted molar refractivity (Wildman–Crippen MR) is 212 cm³/mol. The Morgan fingerprint density at radius 2 is 1.29 bits per heavy atom. The summed E-state index contributed by atoms with van der Waals surface area (Å²) in [5.74, 6) is -1.06. The number of hydrogen-bond donors (Lipinski definition) is 1. The molecule has 0 aliphatic heterocycles. The second-order valence-electron chi connectivity index (χ2n) is 13.7. The first-order valence-corrected chi connectivity index (χ1v) is 21.4. The van der Waals surface area contributed by atoms with Crippen LogP contribution < -0.4 is 4.74 Å². The summed E-state index contributed by atoms with van der Waals surface area (Å²) in [6, 6.07) is 27.6. The van der Waals surface area contributed by atoms with Crippen molar-refractivity contribution in [3.05, 3.63) is 131 Å². The number of hydrogen-bond acceptors (Lipinski definition) is 11. The van der Waals surface area contributed by atoms with Crippen LogP contribution in [-0.4, -0.2) is 89.6 Å². The van der Waals surface area contributed by atoms with Gasteiger partial charge >= 0.3 is 0 Å². The summed E-state index contributed by atoms with van der Waals surface area (Å²) < 4.78 is 65.0. The number of carbonyl (C=O) groups is 2. The summed E-state index contributed by atoms with van der Waals surface area (Å²) in [5, 5.41) is 15.9. The Morgan fingerprint density at radius 3 is 1.89 bits per heavy atom. The molecule has 1 N–H and O–H groups in total. The largest absolute Gasteiger partial charge is 0.494 e. The Hall–Kier alpha value is -5.38. The fourth-order valence-corrected chi connectivity index (χ4v) is 8.07. The van der Waals surface area contributed by atoms with Gasteiger partial charge in [-0.1, -0.05) is 59.7 Å². The highest BCUT2D eigenvalue weighted by molar-refractivity contribution is 7.91. The highest BCUT2D eigenvalue weighted by atomic mass is 32.2. The van der Waals surface area contributed by atoms with E-state index in [1.165, 1.54) is 29.2 Å². The van der Waals surface area contributed by atoms with Gasteiger partial charge in [0.05, 0.1) is 23.0 Å². The van der Waals surface area contributed by atoms with Gasteiger partial charge in [-0.2, -0.15) is 8.42 Å². The number of carbonyl (C=O) groups excluding carboxylic acids is 2. The van der Waals surface area contributed by atoms with Crippen molar-refractivity contribution in [1.82, 2.24) is 25.3 Å². The monoisotopic (exact) mass is 799 g/mol. The first-order chi connectivity index (χ1) is 26.7. The summed E-state index contributed by atoms with van der Waals surface area (Å²) in [4.78, 5) is 29.3. The molecule has 0 bridgehead atoms. The summed E-state index contributed by atoms with van der Waals surface area (Å²) in [7, 11) is -8.04. The lowest BCUT2D eigenvalue weighted by Crippen LogP contribution is -2.34. The Kier molecular flexibility index (Phi) is 14.2. The summed E-state index contributed by atoms with van der Waals surface area (Å²) in [5.41, 5.74) is 4.25. The van der Waals surface area contributed by atoms with Crippen LogP contribution in [0.1, 0.15) is 62.5 Å². The molecule has 15 heteroatoms. The molecule has 0 spiro atoms. The van der Waals surface area contributed by atoms with E-state index >= 15 is 0 Å². The number of ketones is 1. The normalized spacial score (nSPS) is 12.2. The first-order valence-electron chi connectivity index (χ1n) is 18.2. The number of rotatable bonds is 19. The van der Waals surface area contributed by atoms with Crippen molar-refractivity contribution in [1.29, 1.82) is 0 Å². The number of benzene rings is 4. The fourth-order valence-electron chi connectivity index (χ4n) is 5.98. The molecule has 56 heavy (non-hydrogen) atoms. The zero-order valence-electron chi connectivity index (χ0n) is 31.5. The SMILES string of the molecule is Cc1ccc(CCC(CS(=O)(=O)c2ccc(C)cc2)C(=O)c2ccc(C(=O)N(CCCOc3ccc(-c4nnc(C)nn4)cc3)CCCS(=O)(=O)O)cc2)cc1. The van der Waals surface area contributed by atoms with Gasteiger partial charge in [0.2, 0.25) is 5.82 Å². The molecule has 1 atom stereocenters. The van der Waals surface area contributed by atoms with E-state index in [0.29, 0.717) is 42.2 Å². The van der Waals surface area contributed by atoms with Crippen LogP contribution >= 0.6 is 0 Å². The molecule has 13 nitrogen and oxygen atoms in total. The summed E-state index contributed by atoms with van der Waals surface area (Å²) in [6.45, 7) is 6.05. The van der Waals surface area contributed by atoms with Gasteiger partial charge in [-0.05, 0) is 101 Å². The molecule has 1 amide bonds. The highest BCUT2D eigenvalue weighted by Crippen LogP contribution is 2.24. The lowest BCUT2D eigenvalue weighted by atomic mass is 9.92. The van der Waals surface area contributed by atoms with Gasteiger partial charge in [0.1, 0.15) is 5.75 Å². The lowest BCUT2D eigenvalue weighted by molar-refractivity contribution is 0.0746. The standard InChI is InChI=1S/C41H45N5O8S2/c1-29-6-10-32(11-7-29)12-13-36(28-55(49,50)38-22-8-30(2)9-23-38)39(47)33-14-16-35(17-15-33)41(48)46(25-5-27-56(51,52)53)24-4-26-54-37-20-18-34(19-21-37)40-44-42-31(3)43-45-40/h6-11,14-23,36H,4-5,12-13,24-28H2,1-3H3,(H,51,52,53). The molecule has 1 unspecified atom stereocenters. The maximum Gasteiger partial charge on any atom is 0.264 e. The third-order valence-corrected chi connectivity index (χ3v) is 11.8. The molecule has 0 saturated heterocycles. The summed E-state index contributed by atoms with van der Waals surface area (Å²) >= 11 is 0. The predicted octanol–water partition coefficient (Wildman–Crippen LogP) is 5.95. The van der Waals surface area contributed by atoms with Crippen molar-refractivity contribution in [3.8, 4) is 17.1 Å². The molecule has 1 heterocycles. The van der Waals surface area contributed by atoms with E-state index in [1.54, 1.807) is 55.5 Å². The van der Waals surface area contributed by atoms with Crippen molar-refractivity contribution in [3.63, 3.8) is 0 Å². The molecule has 0 radical (unpaired) electrons. The van der Waals surface area contributed by atoms with E-state index in [4.69, 9.17) is 4.74 Å². The van der Waals surface area contributed by atoms with E-state index in [0.717, 1.165) is 16.7 Å². The average Bonchev–Trinajstić information content (AvgIpc) is 3.18. The minimum atomic E-state index is -4.24. The van der Waals surface area contributed by atoms with Crippen LogP contribution in [0.2, 0.25) is 0 Å². The van der Waals surface area contributed by atoms with E-state index in [1.807, 2.05) is 38.1 Å². The maximum absolute atomic E-state index is 14.0. The molecule has 0 saturated carbocycles. The molecule has 5 rings (SSSR count). The lowest BCUT2D eigenvalue weighted by Gasteiger charge is -2.23. The van der Waals surface area contributed by atoms with E-state index in [2.05, 4.69) is 20.4 Å². The van der Waals surface area contributed by atoms with Gasteiger partial charge in [0.15, 0.2) is 21.4 Å². The Bertz CT molecular complexity index is 2300. The van der Waals surface area contributed by atoms with Crippen LogP contribution in [0.3, 0.4) is 0 Å². The fraction of sp³-hybridized carbons (Fsp3) is 0.317. The van der Waals surface area contributed by atoms with Crippen molar-refractivity contribution < 1.29 is 35.7 Å². The maximum atomic E-state index is 14.0. The molecule has 0 aliphatic rings. The van der Waals surface area contributed by atoms with Crippen LogP contribution in [0.4, 0.5) is 0 Å². The molecule has 5 aromatic rings. The van der Waals surface area contributed by atoms with Crippen LogP contribution in [0.15, 0.2) is 102 Å². The minimum absolute atomic E-state index is 0.00633. The number of sulfone groups is 1. The van der Waals surface area contributed by atoms with Crippen LogP contribution in [-0.2, 0) is 26.4 Å². The van der Waals surface area contributed by atoms with Gasteiger partial charge in [-0.3, -0.25) is 14.1 Å². The molecular formula is C41H45N5O8S2. The highest BCUT2D eigenvalue weighted by Gasteiger charge is 2.28. The summed E-state index contributed by atoms with van der Waals surface area (Å²) in [6.07, 6.45) is 1.22. The van der Waals surface area contributed by atoms with Crippen LogP contribution in [0, 0.1) is 26.7 Å². The van der Waals surface area contributed by atoms with Gasteiger partial charge in [-0.15, -0.1) is 20.4 Å². The number of nitrogens with zero attached hydrogens (tertiary/aromatic N) is 5. The second kappa shape index (κ2) is 19.0. The molecule has 0 fully saturated rings. The topological polar surface area (TPSA) is 187 Å². The number of ether oxygens (including phenoxy) is 1. The number of Topliss-reactive ketones (excluding diaryl/α,β-unsaturated/α-hetero) is 1. The molecule has 294 valence electrons. The Labute approximate surface area is 327 Å². The molecular weight excluding hydrogens is 755 g/mol. The van der Waals surface area contributed by atoms with E-state index in [-0.39, 0.29) is 53.7 Å². The Balaban J connectivity index is 1.26. The average molecular weight is 800 g/mol. The van der Waals surface area contributed by atoms with Crippen molar-refractivity contribution in [2.75, 3.05) is 31.2 Å². The number of aryl methyl sites for hydroxylation is 4. The third-order valence-electron chi connectivity index (χ3n) is 9.14. The molecule has 1 aromatic heterocycles. The minimum Gasteiger partial charge on any atom is -0.494 e. The smallest absolute Gasteiger partial charge is 0.264 e. The third kappa shape index (κ3) is 12.3. The van der Waals surface area contributed by atoms with Gasteiger partial charge in [-0.25, -0.2) is 8.42 Å². The quantitative estimate of drug-likeness (QED) is 0.0588. The van der Waals surface area contributed by atoms with Crippen LogP contribution in [0.5, 0.6) is 5.75 Å². The van der Waals surface area contributed by atoms with Crippen molar-refractivity contribution >= 4 is 31.6 Å². The number of aromatic nitrogens is 4. The zero-order valence-corrected chi connectivity index (χ0v) is 33.2. The first kappa shape index (κ1) is 41.8. The van der Waals surface area contributed by atoms with Gasteiger partial charge in [0.25, 0.3) is 16.0 Å². The molecule has 4 aromatic carbocycles. The van der Waals surface area contributed by atoms with Gasteiger partial charge in [0, 0.05) is 35.7 Å². The van der Waals surface area contributed by atoms with E-state index in [9.17, 15) is 31.0 Å². The second-order valence-corrected chi connectivity index (χ2v) is 17.3. The van der Waals surface area contributed by atoms with Crippen molar-refractivity contribution in [2.45, 2.75) is 51.3 Å². The number of amides is 1. The van der Waals surface area contributed by atoms with E-state index < -0.39 is 37.5 Å². The zero-order chi connectivity index (χ0) is 40.3. The van der Waals surface area contributed by atoms with Crippen LogP contribution in [0.25, 0.3) is 11.4 Å². The van der Waals surface area contributed by atoms with Crippen molar-refractivity contribution in [2.24, 2.45) is 5.92 Å².